The zero-order valence-corrected chi connectivity index (χ0v) is 11.5. The SMILES string of the molecule is CC1(C(=O)N[C@@H]2CCO[C@@H](c3ccccn3)C2)CC1F. The molecule has 108 valence electrons. The minimum atomic E-state index is -0.992. The van der Waals surface area contributed by atoms with Crippen molar-refractivity contribution in [3.8, 4) is 0 Å². The van der Waals surface area contributed by atoms with Crippen LogP contribution in [0.2, 0.25) is 0 Å². The molecule has 3 rings (SSSR count). The van der Waals surface area contributed by atoms with E-state index in [0.29, 0.717) is 19.4 Å². The molecule has 1 aliphatic carbocycles. The summed E-state index contributed by atoms with van der Waals surface area (Å²) in [4.78, 5) is 16.3. The topological polar surface area (TPSA) is 51.2 Å². The predicted octanol–water partition coefficient (Wildman–Crippen LogP) is 2.17. The third kappa shape index (κ3) is 2.54. The van der Waals surface area contributed by atoms with Crippen LogP contribution in [0.25, 0.3) is 0 Å². The molecular weight excluding hydrogens is 259 g/mol. The van der Waals surface area contributed by atoms with Gasteiger partial charge in [0.15, 0.2) is 0 Å². The summed E-state index contributed by atoms with van der Waals surface area (Å²) in [6, 6.07) is 5.75. The van der Waals surface area contributed by atoms with E-state index in [2.05, 4.69) is 10.3 Å². The number of nitrogens with one attached hydrogen (secondary N) is 1. The summed E-state index contributed by atoms with van der Waals surface area (Å²) in [6.45, 7) is 2.27. The molecule has 2 unspecified atom stereocenters. The number of amides is 1. The van der Waals surface area contributed by atoms with Gasteiger partial charge in [-0.15, -0.1) is 0 Å². The van der Waals surface area contributed by atoms with Gasteiger partial charge in [-0.05, 0) is 38.3 Å². The van der Waals surface area contributed by atoms with Gasteiger partial charge >= 0.3 is 0 Å². The number of aromatic nitrogens is 1. The molecule has 2 fully saturated rings. The molecule has 1 aliphatic heterocycles. The van der Waals surface area contributed by atoms with Gasteiger partial charge in [-0.2, -0.15) is 0 Å². The van der Waals surface area contributed by atoms with Crippen LogP contribution in [0, 0.1) is 5.41 Å². The van der Waals surface area contributed by atoms with Gasteiger partial charge in [-0.3, -0.25) is 9.78 Å². The lowest BCUT2D eigenvalue weighted by molar-refractivity contribution is -0.128. The van der Waals surface area contributed by atoms with Gasteiger partial charge in [-0.25, -0.2) is 4.39 Å². The Hall–Kier alpha value is -1.49. The Kier molecular flexibility index (Phi) is 3.46. The minimum absolute atomic E-state index is 0.0351. The predicted molar refractivity (Wildman–Crippen MR) is 71.7 cm³/mol. The standard InChI is InChI=1S/C15H19FN2O2/c1-15(9-13(15)16)14(19)18-10-5-7-20-12(8-10)11-4-2-3-6-17-11/h2-4,6,10,12-13H,5,7-9H2,1H3,(H,18,19)/t10-,12-,13?,15?/m1/s1. The Morgan fingerprint density at radius 2 is 2.35 bits per heavy atom. The number of carbonyl (C=O) groups excluding carboxylic acids is 1. The number of rotatable bonds is 3. The average molecular weight is 278 g/mol. The summed E-state index contributed by atoms with van der Waals surface area (Å²) >= 11 is 0. The van der Waals surface area contributed by atoms with Crippen LogP contribution in [0.5, 0.6) is 0 Å². The molecule has 0 aromatic carbocycles. The molecule has 4 nitrogen and oxygen atoms in total. The second-order valence-corrected chi connectivity index (χ2v) is 5.90. The number of alkyl halides is 1. The molecule has 1 aromatic rings. The smallest absolute Gasteiger partial charge is 0.229 e. The quantitative estimate of drug-likeness (QED) is 0.922. The molecule has 0 spiro atoms. The zero-order valence-electron chi connectivity index (χ0n) is 11.5. The van der Waals surface area contributed by atoms with Crippen molar-refractivity contribution in [3.05, 3.63) is 30.1 Å². The van der Waals surface area contributed by atoms with Crippen molar-refractivity contribution in [2.75, 3.05) is 6.61 Å². The van der Waals surface area contributed by atoms with Gasteiger partial charge in [0.2, 0.25) is 5.91 Å². The highest BCUT2D eigenvalue weighted by molar-refractivity contribution is 5.86. The van der Waals surface area contributed by atoms with Crippen LogP contribution in [0.15, 0.2) is 24.4 Å². The van der Waals surface area contributed by atoms with Crippen LogP contribution in [-0.4, -0.2) is 29.7 Å². The van der Waals surface area contributed by atoms with E-state index in [1.165, 1.54) is 0 Å². The van der Waals surface area contributed by atoms with Crippen LogP contribution >= 0.6 is 0 Å². The Balaban J connectivity index is 1.60. The van der Waals surface area contributed by atoms with Crippen molar-refractivity contribution >= 4 is 5.91 Å². The maximum absolute atomic E-state index is 13.2. The van der Waals surface area contributed by atoms with E-state index in [4.69, 9.17) is 4.74 Å². The first-order valence-corrected chi connectivity index (χ1v) is 7.07. The summed E-state index contributed by atoms with van der Waals surface area (Å²) in [5.74, 6) is -0.170. The molecule has 2 aliphatic rings. The minimum Gasteiger partial charge on any atom is -0.372 e. The van der Waals surface area contributed by atoms with Crippen molar-refractivity contribution < 1.29 is 13.9 Å². The van der Waals surface area contributed by atoms with E-state index in [9.17, 15) is 9.18 Å². The number of nitrogens with zero attached hydrogens (tertiary/aromatic N) is 1. The van der Waals surface area contributed by atoms with Crippen molar-refractivity contribution in [3.63, 3.8) is 0 Å². The van der Waals surface area contributed by atoms with Gasteiger partial charge in [0.1, 0.15) is 12.3 Å². The molecule has 1 aromatic heterocycles. The zero-order chi connectivity index (χ0) is 14.2. The Morgan fingerprint density at radius 3 is 3.00 bits per heavy atom. The van der Waals surface area contributed by atoms with E-state index in [1.807, 2.05) is 18.2 Å². The number of hydrogen-bond acceptors (Lipinski definition) is 3. The van der Waals surface area contributed by atoms with E-state index in [0.717, 1.165) is 12.1 Å². The largest absolute Gasteiger partial charge is 0.372 e. The highest BCUT2D eigenvalue weighted by atomic mass is 19.1. The first-order valence-electron chi connectivity index (χ1n) is 7.07. The lowest BCUT2D eigenvalue weighted by Gasteiger charge is -2.30. The van der Waals surface area contributed by atoms with Crippen molar-refractivity contribution in [2.45, 2.75) is 44.5 Å². The Labute approximate surface area is 117 Å². The third-order valence-electron chi connectivity index (χ3n) is 4.29. The summed E-state index contributed by atoms with van der Waals surface area (Å²) in [7, 11) is 0. The molecule has 4 atom stereocenters. The number of carbonyl (C=O) groups is 1. The molecule has 1 saturated heterocycles. The molecule has 0 radical (unpaired) electrons. The Morgan fingerprint density at radius 1 is 1.55 bits per heavy atom. The normalized spacial score (nSPS) is 36.4. The van der Waals surface area contributed by atoms with Gasteiger partial charge in [0, 0.05) is 18.8 Å². The molecule has 5 heteroatoms. The fraction of sp³-hybridized carbons (Fsp3) is 0.600. The maximum atomic E-state index is 13.2. The molecule has 20 heavy (non-hydrogen) atoms. The summed E-state index contributed by atoms with van der Waals surface area (Å²) in [6.07, 6.45) is 2.45. The highest BCUT2D eigenvalue weighted by Gasteiger charge is 2.57. The number of pyridine rings is 1. The number of halogens is 1. The highest BCUT2D eigenvalue weighted by Crippen LogP contribution is 2.48. The van der Waals surface area contributed by atoms with Crippen molar-refractivity contribution in [2.24, 2.45) is 5.41 Å². The van der Waals surface area contributed by atoms with Crippen LogP contribution in [0.4, 0.5) is 4.39 Å². The molecule has 1 N–H and O–H groups in total. The summed E-state index contributed by atoms with van der Waals surface area (Å²) in [5.41, 5.74) is 0.0752. The average Bonchev–Trinajstić information content (AvgIpc) is 3.09. The van der Waals surface area contributed by atoms with E-state index in [-0.39, 0.29) is 18.1 Å². The molecule has 1 saturated carbocycles. The van der Waals surface area contributed by atoms with E-state index < -0.39 is 11.6 Å². The first-order chi connectivity index (χ1) is 9.59. The monoisotopic (exact) mass is 278 g/mol. The van der Waals surface area contributed by atoms with E-state index in [1.54, 1.807) is 13.1 Å². The van der Waals surface area contributed by atoms with Gasteiger partial charge in [0.25, 0.3) is 0 Å². The molecule has 1 amide bonds. The number of ether oxygens (including phenoxy) is 1. The Bertz CT molecular complexity index is 496. The maximum Gasteiger partial charge on any atom is 0.229 e. The fourth-order valence-corrected chi connectivity index (χ4v) is 2.60. The van der Waals surface area contributed by atoms with Crippen LogP contribution in [-0.2, 0) is 9.53 Å². The molecule has 0 bridgehead atoms. The van der Waals surface area contributed by atoms with Crippen LogP contribution in [0.1, 0.15) is 38.0 Å². The van der Waals surface area contributed by atoms with Gasteiger partial charge in [0.05, 0.1) is 11.1 Å². The third-order valence-corrected chi connectivity index (χ3v) is 4.29. The van der Waals surface area contributed by atoms with Crippen LogP contribution < -0.4 is 5.32 Å². The molecule has 2 heterocycles. The van der Waals surface area contributed by atoms with E-state index >= 15 is 0 Å². The van der Waals surface area contributed by atoms with Crippen molar-refractivity contribution in [1.82, 2.24) is 10.3 Å². The van der Waals surface area contributed by atoms with Gasteiger partial charge < -0.3 is 10.1 Å². The number of hydrogen-bond donors (Lipinski definition) is 1. The summed E-state index contributed by atoms with van der Waals surface area (Å²) < 4.78 is 18.9. The second-order valence-electron chi connectivity index (χ2n) is 5.90. The summed E-state index contributed by atoms with van der Waals surface area (Å²) in [5, 5.41) is 2.96. The molecular formula is C15H19FN2O2. The van der Waals surface area contributed by atoms with Gasteiger partial charge in [-0.1, -0.05) is 6.07 Å². The fourth-order valence-electron chi connectivity index (χ4n) is 2.60. The lowest BCUT2D eigenvalue weighted by atomic mass is 9.99. The lowest BCUT2D eigenvalue weighted by Crippen LogP contribution is -2.43. The van der Waals surface area contributed by atoms with Crippen LogP contribution in [0.3, 0.4) is 0 Å². The first kappa shape index (κ1) is 13.5. The van der Waals surface area contributed by atoms with Crippen molar-refractivity contribution in [1.29, 1.82) is 0 Å². The second kappa shape index (κ2) is 5.13.